The van der Waals surface area contributed by atoms with Crippen LogP contribution < -0.4 is 0 Å². The van der Waals surface area contributed by atoms with E-state index in [2.05, 4.69) is 9.80 Å². The Bertz CT molecular complexity index is 718. The smallest absolute Gasteiger partial charge is 0.236 e. The summed E-state index contributed by atoms with van der Waals surface area (Å²) in [6.07, 6.45) is 6.87. The van der Waals surface area contributed by atoms with Gasteiger partial charge in [0, 0.05) is 52.4 Å². The van der Waals surface area contributed by atoms with E-state index in [1.807, 2.05) is 28.0 Å². The Hall–Kier alpha value is -2.03. The summed E-state index contributed by atoms with van der Waals surface area (Å²) in [5.41, 5.74) is 1.92. The zero-order valence-electron chi connectivity index (χ0n) is 19.9. The average molecular weight is 458 g/mol. The Morgan fingerprint density at radius 1 is 0.697 bits per heavy atom. The summed E-state index contributed by atoms with van der Waals surface area (Å²) >= 11 is 0. The monoisotopic (exact) mass is 457 g/mol. The molecule has 3 aliphatic rings. The number of rotatable bonds is 4. The lowest BCUT2D eigenvalue weighted by Gasteiger charge is -2.31. The molecule has 0 atom stereocenters. The van der Waals surface area contributed by atoms with Crippen LogP contribution >= 0.6 is 0 Å². The van der Waals surface area contributed by atoms with Gasteiger partial charge in [-0.15, -0.1) is 0 Å². The highest BCUT2D eigenvalue weighted by Gasteiger charge is 2.22. The van der Waals surface area contributed by atoms with Crippen molar-refractivity contribution in [3.8, 4) is 0 Å². The van der Waals surface area contributed by atoms with Crippen LogP contribution in [0.3, 0.4) is 0 Å². The summed E-state index contributed by atoms with van der Waals surface area (Å²) in [6, 6.07) is 6.09. The molecule has 2 saturated heterocycles. The van der Waals surface area contributed by atoms with Crippen LogP contribution in [0.15, 0.2) is 18.2 Å². The van der Waals surface area contributed by atoms with Crippen molar-refractivity contribution in [3.63, 3.8) is 0 Å². The van der Waals surface area contributed by atoms with Gasteiger partial charge in [-0.3, -0.25) is 24.4 Å². The summed E-state index contributed by atoms with van der Waals surface area (Å²) in [4.78, 5) is 38.8. The van der Waals surface area contributed by atoms with E-state index < -0.39 is 0 Å². The first-order valence-electron chi connectivity index (χ1n) is 12.7. The van der Waals surface area contributed by atoms with Gasteiger partial charge in [0.2, 0.25) is 11.8 Å². The maximum absolute atomic E-state index is 12.8. The van der Waals surface area contributed by atoms with Crippen molar-refractivity contribution in [2.24, 2.45) is 0 Å². The number of nitrogens with zero attached hydrogens (tertiary/aromatic N) is 5. The number of likely N-dealkylation sites (tertiary alicyclic amines) is 2. The molecule has 8 nitrogen and oxygen atoms in total. The van der Waals surface area contributed by atoms with E-state index in [0.717, 1.165) is 63.3 Å². The first kappa shape index (κ1) is 24.1. The van der Waals surface area contributed by atoms with Gasteiger partial charge >= 0.3 is 0 Å². The van der Waals surface area contributed by atoms with Crippen molar-refractivity contribution in [1.82, 2.24) is 24.6 Å². The first-order valence-corrected chi connectivity index (χ1v) is 12.7. The SMILES string of the molecule is O=C(CN1CCOCCN(CC(=O)N2CCCCC2)Cc2cccc(n2)C1)N1CCCCC1. The van der Waals surface area contributed by atoms with E-state index in [0.29, 0.717) is 52.5 Å². The number of aromatic nitrogens is 1. The highest BCUT2D eigenvalue weighted by molar-refractivity contribution is 5.78. The molecule has 2 amide bonds. The van der Waals surface area contributed by atoms with Crippen LogP contribution in [0.5, 0.6) is 0 Å². The predicted octanol–water partition coefficient (Wildman–Crippen LogP) is 1.74. The van der Waals surface area contributed by atoms with Gasteiger partial charge in [-0.25, -0.2) is 0 Å². The minimum absolute atomic E-state index is 0.209. The molecule has 4 heterocycles. The van der Waals surface area contributed by atoms with Crippen LogP contribution in [0, 0.1) is 0 Å². The normalized spacial score (nSPS) is 21.8. The van der Waals surface area contributed by atoms with Crippen molar-refractivity contribution in [3.05, 3.63) is 29.6 Å². The van der Waals surface area contributed by atoms with Gasteiger partial charge in [0.25, 0.3) is 0 Å². The van der Waals surface area contributed by atoms with E-state index in [-0.39, 0.29) is 11.8 Å². The Morgan fingerprint density at radius 2 is 1.15 bits per heavy atom. The average Bonchev–Trinajstić information content (AvgIpc) is 2.84. The molecular weight excluding hydrogens is 418 g/mol. The Labute approximate surface area is 197 Å². The van der Waals surface area contributed by atoms with E-state index in [1.165, 1.54) is 12.8 Å². The highest BCUT2D eigenvalue weighted by Crippen LogP contribution is 2.13. The summed E-state index contributed by atoms with van der Waals surface area (Å²) in [5, 5.41) is 0. The molecule has 0 radical (unpaired) electrons. The number of carbonyl (C=O) groups is 2. The molecule has 0 aromatic carbocycles. The Kier molecular flexibility index (Phi) is 9.09. The number of carbonyl (C=O) groups excluding carboxylic acids is 2. The zero-order valence-corrected chi connectivity index (χ0v) is 19.9. The van der Waals surface area contributed by atoms with Crippen molar-refractivity contribution in [2.75, 3.05) is 65.6 Å². The molecule has 33 heavy (non-hydrogen) atoms. The molecule has 4 rings (SSSR count). The third-order valence-electron chi connectivity index (χ3n) is 6.87. The fourth-order valence-electron chi connectivity index (χ4n) is 4.95. The molecule has 1 aromatic heterocycles. The Morgan fingerprint density at radius 3 is 1.61 bits per heavy atom. The van der Waals surface area contributed by atoms with E-state index in [9.17, 15) is 9.59 Å². The predicted molar refractivity (Wildman–Crippen MR) is 126 cm³/mol. The largest absolute Gasteiger partial charge is 0.379 e. The molecular formula is C25H39N5O3. The lowest BCUT2D eigenvalue weighted by atomic mass is 10.1. The minimum atomic E-state index is 0.209. The molecule has 8 heteroatoms. The molecule has 0 unspecified atom stereocenters. The van der Waals surface area contributed by atoms with Gasteiger partial charge in [0.15, 0.2) is 0 Å². The number of hydrogen-bond donors (Lipinski definition) is 0. The third kappa shape index (κ3) is 7.48. The van der Waals surface area contributed by atoms with Crippen molar-refractivity contribution >= 4 is 11.8 Å². The molecule has 0 N–H and O–H groups in total. The molecule has 1 aromatic rings. The lowest BCUT2D eigenvalue weighted by Crippen LogP contribution is -2.44. The van der Waals surface area contributed by atoms with Crippen molar-refractivity contribution in [2.45, 2.75) is 51.6 Å². The van der Waals surface area contributed by atoms with Gasteiger partial charge in [-0.05, 0) is 50.7 Å². The van der Waals surface area contributed by atoms with Gasteiger partial charge in [0.1, 0.15) is 0 Å². The second kappa shape index (κ2) is 12.4. The first-order chi connectivity index (χ1) is 16.2. The molecule has 0 saturated carbocycles. The van der Waals surface area contributed by atoms with Crippen LogP contribution in [0.4, 0.5) is 0 Å². The third-order valence-corrected chi connectivity index (χ3v) is 6.87. The van der Waals surface area contributed by atoms with Crippen LogP contribution in [-0.2, 0) is 27.4 Å². The van der Waals surface area contributed by atoms with E-state index in [1.54, 1.807) is 0 Å². The number of ether oxygens (including phenoxy) is 1. The van der Waals surface area contributed by atoms with Gasteiger partial charge < -0.3 is 14.5 Å². The summed E-state index contributed by atoms with van der Waals surface area (Å²) in [7, 11) is 0. The number of piperidine rings is 2. The summed E-state index contributed by atoms with van der Waals surface area (Å²) in [5.74, 6) is 0.417. The molecule has 0 aliphatic carbocycles. The van der Waals surface area contributed by atoms with Gasteiger partial charge in [0.05, 0.1) is 37.7 Å². The highest BCUT2D eigenvalue weighted by atomic mass is 16.5. The Balaban J connectivity index is 1.38. The van der Waals surface area contributed by atoms with Crippen LogP contribution in [0.1, 0.15) is 49.9 Å². The van der Waals surface area contributed by atoms with Crippen molar-refractivity contribution < 1.29 is 14.3 Å². The maximum atomic E-state index is 12.8. The quantitative estimate of drug-likeness (QED) is 0.686. The topological polar surface area (TPSA) is 69.2 Å². The number of pyridine rings is 1. The molecule has 182 valence electrons. The van der Waals surface area contributed by atoms with Gasteiger partial charge in [-0.2, -0.15) is 0 Å². The minimum Gasteiger partial charge on any atom is -0.379 e. The molecule has 2 fully saturated rings. The van der Waals surface area contributed by atoms with Crippen LogP contribution in [-0.4, -0.2) is 102 Å². The second-order valence-corrected chi connectivity index (χ2v) is 9.54. The number of amides is 2. The number of hydrogen-bond acceptors (Lipinski definition) is 6. The summed E-state index contributed by atoms with van der Waals surface area (Å²) < 4.78 is 5.93. The standard InChI is InChI=1S/C25H39N5O3/c31-24(29-10-3-1-4-11-29)20-27-14-16-33-17-15-28(19-23-9-7-8-22(18-27)26-23)21-25(32)30-12-5-2-6-13-30/h7-9H,1-6,10-21H2. The zero-order chi connectivity index (χ0) is 22.9. The van der Waals surface area contributed by atoms with Gasteiger partial charge in [-0.1, -0.05) is 6.07 Å². The van der Waals surface area contributed by atoms with Crippen LogP contribution in [0.25, 0.3) is 0 Å². The maximum Gasteiger partial charge on any atom is 0.236 e. The van der Waals surface area contributed by atoms with E-state index in [4.69, 9.17) is 9.72 Å². The second-order valence-electron chi connectivity index (χ2n) is 9.54. The molecule has 0 spiro atoms. The molecule has 3 aliphatic heterocycles. The fraction of sp³-hybridized carbons (Fsp3) is 0.720. The fourth-order valence-corrected chi connectivity index (χ4v) is 4.95. The lowest BCUT2D eigenvalue weighted by molar-refractivity contribution is -0.134. The number of fused-ring (bicyclic) bond motifs is 2. The van der Waals surface area contributed by atoms with Crippen molar-refractivity contribution in [1.29, 1.82) is 0 Å². The van der Waals surface area contributed by atoms with Crippen LogP contribution in [0.2, 0.25) is 0 Å². The molecule has 2 bridgehead atoms. The summed E-state index contributed by atoms with van der Waals surface area (Å²) in [6.45, 7) is 8.11. The van der Waals surface area contributed by atoms with E-state index >= 15 is 0 Å².